The number of piperidine rings is 1. The lowest BCUT2D eigenvalue weighted by Crippen LogP contribution is -2.46. The first-order chi connectivity index (χ1) is 9.85. The predicted octanol–water partition coefficient (Wildman–Crippen LogP) is 3.34. The van der Waals surface area contributed by atoms with Gasteiger partial charge >= 0.3 is 6.09 Å². The fourth-order valence-corrected chi connectivity index (χ4v) is 2.86. The van der Waals surface area contributed by atoms with Gasteiger partial charge in [0, 0.05) is 31.5 Å². The summed E-state index contributed by atoms with van der Waals surface area (Å²) in [6.45, 7) is 7.43. The second-order valence-corrected chi connectivity index (χ2v) is 7.09. The van der Waals surface area contributed by atoms with Crippen molar-refractivity contribution in [2.45, 2.75) is 45.3 Å². The van der Waals surface area contributed by atoms with Crippen LogP contribution in [0.3, 0.4) is 0 Å². The lowest BCUT2D eigenvalue weighted by molar-refractivity contribution is 0.0497. The van der Waals surface area contributed by atoms with Crippen molar-refractivity contribution in [2.75, 3.05) is 18.0 Å². The van der Waals surface area contributed by atoms with Gasteiger partial charge in [-0.2, -0.15) is 0 Å². The van der Waals surface area contributed by atoms with Gasteiger partial charge in [-0.1, -0.05) is 0 Å². The molecule has 1 aromatic rings. The van der Waals surface area contributed by atoms with Gasteiger partial charge in [-0.3, -0.25) is 4.98 Å². The van der Waals surface area contributed by atoms with Crippen LogP contribution in [0.1, 0.15) is 33.6 Å². The van der Waals surface area contributed by atoms with E-state index in [4.69, 9.17) is 4.74 Å². The topological polar surface area (TPSA) is 54.5 Å². The van der Waals surface area contributed by atoms with Crippen LogP contribution >= 0.6 is 15.9 Å². The van der Waals surface area contributed by atoms with Crippen LogP contribution in [-0.4, -0.2) is 35.8 Å². The Balaban J connectivity index is 1.84. The van der Waals surface area contributed by atoms with Crippen LogP contribution in [0.25, 0.3) is 0 Å². The minimum absolute atomic E-state index is 0.178. The van der Waals surface area contributed by atoms with Crippen molar-refractivity contribution >= 4 is 27.7 Å². The van der Waals surface area contributed by atoms with Gasteiger partial charge in [0.25, 0.3) is 0 Å². The van der Waals surface area contributed by atoms with E-state index in [0.717, 1.165) is 36.1 Å². The molecule has 0 spiro atoms. The average Bonchev–Trinajstić information content (AvgIpc) is 2.38. The number of alkyl carbamates (subject to hydrolysis) is 1. The SMILES string of the molecule is CC(C)(C)OC(=O)NC1CCN(c2ccncc2Br)CC1. The Bertz CT molecular complexity index is 494. The Kier molecular flexibility index (Phi) is 5.08. The zero-order valence-electron chi connectivity index (χ0n) is 12.7. The molecule has 116 valence electrons. The van der Waals surface area contributed by atoms with Crippen molar-refractivity contribution in [2.24, 2.45) is 0 Å². The molecule has 2 rings (SSSR count). The Morgan fingerprint density at radius 3 is 2.67 bits per heavy atom. The van der Waals surface area contributed by atoms with Gasteiger partial charge in [0.2, 0.25) is 0 Å². The highest BCUT2D eigenvalue weighted by Gasteiger charge is 2.24. The summed E-state index contributed by atoms with van der Waals surface area (Å²) in [6.07, 6.45) is 5.10. The van der Waals surface area contributed by atoms with E-state index >= 15 is 0 Å². The van der Waals surface area contributed by atoms with Gasteiger partial charge < -0.3 is 15.0 Å². The highest BCUT2D eigenvalue weighted by molar-refractivity contribution is 9.10. The maximum atomic E-state index is 11.8. The average molecular weight is 356 g/mol. The number of nitrogens with zero attached hydrogens (tertiary/aromatic N) is 2. The maximum absolute atomic E-state index is 11.8. The zero-order valence-corrected chi connectivity index (χ0v) is 14.3. The molecule has 21 heavy (non-hydrogen) atoms. The summed E-state index contributed by atoms with van der Waals surface area (Å²) in [6, 6.07) is 2.18. The van der Waals surface area contributed by atoms with Crippen molar-refractivity contribution in [1.82, 2.24) is 10.3 Å². The quantitative estimate of drug-likeness (QED) is 0.883. The molecule has 2 heterocycles. The Morgan fingerprint density at radius 1 is 1.43 bits per heavy atom. The van der Waals surface area contributed by atoms with E-state index in [1.165, 1.54) is 0 Å². The molecule has 1 N–H and O–H groups in total. The van der Waals surface area contributed by atoms with Crippen molar-refractivity contribution in [1.29, 1.82) is 0 Å². The Labute approximate surface area is 134 Å². The summed E-state index contributed by atoms with van der Waals surface area (Å²) in [5.41, 5.74) is 0.702. The molecule has 0 aromatic carbocycles. The van der Waals surface area contributed by atoms with Crippen molar-refractivity contribution in [3.8, 4) is 0 Å². The third kappa shape index (κ3) is 4.88. The number of ether oxygens (including phenoxy) is 1. The largest absolute Gasteiger partial charge is 0.444 e. The normalized spacial score (nSPS) is 16.7. The predicted molar refractivity (Wildman–Crippen MR) is 86.5 cm³/mol. The molecule has 1 fully saturated rings. The minimum Gasteiger partial charge on any atom is -0.444 e. The molecule has 0 saturated carbocycles. The van der Waals surface area contributed by atoms with Crippen LogP contribution in [0.4, 0.5) is 10.5 Å². The van der Waals surface area contributed by atoms with E-state index in [-0.39, 0.29) is 12.1 Å². The number of amides is 1. The first-order valence-electron chi connectivity index (χ1n) is 7.19. The van der Waals surface area contributed by atoms with Gasteiger partial charge in [0.05, 0.1) is 10.2 Å². The Morgan fingerprint density at radius 2 is 2.10 bits per heavy atom. The molecular weight excluding hydrogens is 334 g/mol. The molecular formula is C15H22BrN3O2. The summed E-state index contributed by atoms with van der Waals surface area (Å²) < 4.78 is 6.29. The standard InChI is InChI=1S/C15H22BrN3O2/c1-15(2,3)21-14(20)18-11-5-8-19(9-6-11)13-4-7-17-10-12(13)16/h4,7,10-11H,5-6,8-9H2,1-3H3,(H,18,20). The third-order valence-corrected chi connectivity index (χ3v) is 3.92. The number of anilines is 1. The number of rotatable bonds is 2. The monoisotopic (exact) mass is 355 g/mol. The van der Waals surface area contributed by atoms with Gasteiger partial charge in [0.15, 0.2) is 0 Å². The fourth-order valence-electron chi connectivity index (χ4n) is 2.36. The van der Waals surface area contributed by atoms with E-state index in [0.29, 0.717) is 0 Å². The van der Waals surface area contributed by atoms with Crippen LogP contribution in [0, 0.1) is 0 Å². The van der Waals surface area contributed by atoms with E-state index in [1.807, 2.05) is 26.8 Å². The smallest absolute Gasteiger partial charge is 0.407 e. The molecule has 1 aliphatic heterocycles. The molecule has 0 atom stereocenters. The molecule has 5 nitrogen and oxygen atoms in total. The van der Waals surface area contributed by atoms with Crippen molar-refractivity contribution < 1.29 is 9.53 Å². The number of hydrogen-bond donors (Lipinski definition) is 1. The van der Waals surface area contributed by atoms with E-state index in [9.17, 15) is 4.79 Å². The third-order valence-electron chi connectivity index (χ3n) is 3.31. The fraction of sp³-hybridized carbons (Fsp3) is 0.600. The molecule has 0 bridgehead atoms. The second kappa shape index (κ2) is 6.64. The summed E-state index contributed by atoms with van der Waals surface area (Å²) in [5, 5.41) is 2.95. The zero-order chi connectivity index (χ0) is 15.5. The molecule has 1 aromatic heterocycles. The molecule has 0 radical (unpaired) electrons. The van der Waals surface area contributed by atoms with Crippen LogP contribution in [-0.2, 0) is 4.74 Å². The number of carbonyl (C=O) groups excluding carboxylic acids is 1. The van der Waals surface area contributed by atoms with Gasteiger partial charge in [-0.15, -0.1) is 0 Å². The summed E-state index contributed by atoms with van der Waals surface area (Å²) in [4.78, 5) is 18.2. The summed E-state index contributed by atoms with van der Waals surface area (Å²) in [5.74, 6) is 0. The van der Waals surface area contributed by atoms with Gasteiger partial charge in [0.1, 0.15) is 5.60 Å². The van der Waals surface area contributed by atoms with Crippen LogP contribution in [0.15, 0.2) is 22.9 Å². The molecule has 1 amide bonds. The lowest BCUT2D eigenvalue weighted by atomic mass is 10.0. The van der Waals surface area contributed by atoms with Crippen molar-refractivity contribution in [3.63, 3.8) is 0 Å². The number of carbonyl (C=O) groups is 1. The summed E-state index contributed by atoms with van der Waals surface area (Å²) >= 11 is 3.53. The van der Waals surface area contributed by atoms with E-state index in [1.54, 1.807) is 12.4 Å². The van der Waals surface area contributed by atoms with Crippen LogP contribution in [0.5, 0.6) is 0 Å². The highest BCUT2D eigenvalue weighted by atomic mass is 79.9. The van der Waals surface area contributed by atoms with E-state index < -0.39 is 5.60 Å². The maximum Gasteiger partial charge on any atom is 0.407 e. The second-order valence-electron chi connectivity index (χ2n) is 6.23. The van der Waals surface area contributed by atoms with Gasteiger partial charge in [-0.25, -0.2) is 4.79 Å². The van der Waals surface area contributed by atoms with Crippen LogP contribution in [0.2, 0.25) is 0 Å². The van der Waals surface area contributed by atoms with Crippen molar-refractivity contribution in [3.05, 3.63) is 22.9 Å². The van der Waals surface area contributed by atoms with E-state index in [2.05, 4.69) is 31.1 Å². The molecule has 0 aliphatic carbocycles. The minimum atomic E-state index is -0.452. The first-order valence-corrected chi connectivity index (χ1v) is 7.98. The lowest BCUT2D eigenvalue weighted by Gasteiger charge is -2.34. The number of aromatic nitrogens is 1. The highest BCUT2D eigenvalue weighted by Crippen LogP contribution is 2.27. The van der Waals surface area contributed by atoms with Crippen LogP contribution < -0.4 is 10.2 Å². The Hall–Kier alpha value is -1.30. The summed E-state index contributed by atoms with van der Waals surface area (Å²) in [7, 11) is 0. The first kappa shape index (κ1) is 16.1. The molecule has 1 saturated heterocycles. The molecule has 0 unspecified atom stereocenters. The number of nitrogens with one attached hydrogen (secondary N) is 1. The van der Waals surface area contributed by atoms with Gasteiger partial charge in [-0.05, 0) is 55.6 Å². The molecule has 1 aliphatic rings. The number of hydrogen-bond acceptors (Lipinski definition) is 4. The molecule has 6 heteroatoms. The number of pyridine rings is 1. The number of halogens is 1.